The topological polar surface area (TPSA) is 43.8 Å². The summed E-state index contributed by atoms with van der Waals surface area (Å²) in [6.07, 6.45) is 9.94. The van der Waals surface area contributed by atoms with E-state index in [1.165, 1.54) is 55.4 Å². The van der Waals surface area contributed by atoms with E-state index >= 15 is 0 Å². The van der Waals surface area contributed by atoms with E-state index in [0.717, 1.165) is 5.82 Å². The van der Waals surface area contributed by atoms with Crippen LogP contribution in [0.5, 0.6) is 0 Å². The molecule has 1 saturated carbocycles. The number of anilines is 1. The number of nitrogens with zero attached hydrogens (tertiary/aromatic N) is 2. The van der Waals surface area contributed by atoms with Crippen LogP contribution < -0.4 is 5.73 Å². The summed E-state index contributed by atoms with van der Waals surface area (Å²) in [6, 6.07) is 0. The maximum absolute atomic E-state index is 6.16. The molecule has 0 amide bonds. The van der Waals surface area contributed by atoms with Gasteiger partial charge in [0.05, 0.1) is 5.69 Å². The Morgan fingerprint density at radius 3 is 2.81 bits per heavy atom. The molecule has 3 rings (SSSR count). The van der Waals surface area contributed by atoms with Crippen molar-refractivity contribution in [3.63, 3.8) is 0 Å². The van der Waals surface area contributed by atoms with Gasteiger partial charge in [-0.25, -0.2) is 0 Å². The average Bonchev–Trinajstić information content (AvgIpc) is 3.09. The van der Waals surface area contributed by atoms with Crippen molar-refractivity contribution < 1.29 is 0 Å². The lowest BCUT2D eigenvalue weighted by molar-refractivity contribution is 0.741. The minimum atomic E-state index is 0.682. The van der Waals surface area contributed by atoms with Crippen molar-refractivity contribution >= 4 is 11.4 Å². The Morgan fingerprint density at radius 2 is 2.19 bits per heavy atom. The van der Waals surface area contributed by atoms with Gasteiger partial charge in [-0.05, 0) is 44.1 Å². The van der Waals surface area contributed by atoms with Crippen LogP contribution in [0.2, 0.25) is 0 Å². The lowest BCUT2D eigenvalue weighted by Gasteiger charge is -2.13. The highest BCUT2D eigenvalue weighted by Gasteiger charge is 2.31. The van der Waals surface area contributed by atoms with Gasteiger partial charge >= 0.3 is 0 Å². The molecule has 0 spiro atoms. The van der Waals surface area contributed by atoms with E-state index in [-0.39, 0.29) is 0 Å². The Kier molecular flexibility index (Phi) is 2.27. The van der Waals surface area contributed by atoms with Crippen LogP contribution >= 0.6 is 0 Å². The fraction of sp³-hybridized carbons (Fsp3) is 0.615. The number of rotatable bonds is 2. The Labute approximate surface area is 96.3 Å². The quantitative estimate of drug-likeness (QED) is 0.827. The van der Waals surface area contributed by atoms with Gasteiger partial charge in [-0.3, -0.25) is 4.68 Å². The summed E-state index contributed by atoms with van der Waals surface area (Å²) in [6.45, 7) is 0. The third kappa shape index (κ3) is 1.55. The second kappa shape index (κ2) is 3.65. The van der Waals surface area contributed by atoms with Crippen LogP contribution in [-0.2, 0) is 7.05 Å². The molecule has 3 heteroatoms. The highest BCUT2D eigenvalue weighted by atomic mass is 15.3. The largest absolute Gasteiger partial charge is 0.383 e. The van der Waals surface area contributed by atoms with E-state index in [1.54, 1.807) is 0 Å². The summed E-state index contributed by atoms with van der Waals surface area (Å²) in [5.41, 5.74) is 10.1. The standard InChI is InChI=1S/C13H19N3/c1-16-13(14)11(9-5-3-2-4-6-9)12(15-16)10-7-8-10/h5,10H,2-4,6-8,14H2,1H3. The van der Waals surface area contributed by atoms with Crippen LogP contribution in [0, 0.1) is 0 Å². The van der Waals surface area contributed by atoms with E-state index in [1.807, 2.05) is 11.7 Å². The zero-order valence-corrected chi connectivity index (χ0v) is 9.87. The van der Waals surface area contributed by atoms with Crippen molar-refractivity contribution in [1.29, 1.82) is 0 Å². The molecule has 1 aromatic rings. The number of allylic oxidation sites excluding steroid dienone is 2. The number of nitrogens with two attached hydrogens (primary N) is 1. The van der Waals surface area contributed by atoms with Gasteiger partial charge in [0.2, 0.25) is 0 Å². The zero-order valence-electron chi connectivity index (χ0n) is 9.87. The van der Waals surface area contributed by atoms with Crippen molar-refractivity contribution in [2.24, 2.45) is 7.05 Å². The van der Waals surface area contributed by atoms with Crippen molar-refractivity contribution in [3.05, 3.63) is 17.3 Å². The average molecular weight is 217 g/mol. The molecule has 1 aromatic heterocycles. The van der Waals surface area contributed by atoms with Crippen LogP contribution in [0.4, 0.5) is 5.82 Å². The molecule has 0 aromatic carbocycles. The molecule has 0 radical (unpaired) electrons. The molecule has 1 fully saturated rings. The van der Waals surface area contributed by atoms with E-state index in [0.29, 0.717) is 5.92 Å². The first-order valence-electron chi connectivity index (χ1n) is 6.29. The number of aryl methyl sites for hydroxylation is 1. The van der Waals surface area contributed by atoms with Gasteiger partial charge in [0.1, 0.15) is 5.82 Å². The molecular formula is C13H19N3. The molecule has 16 heavy (non-hydrogen) atoms. The van der Waals surface area contributed by atoms with Crippen LogP contribution in [-0.4, -0.2) is 9.78 Å². The van der Waals surface area contributed by atoms with Crippen molar-refractivity contribution in [1.82, 2.24) is 9.78 Å². The summed E-state index contributed by atoms with van der Waals surface area (Å²) in [7, 11) is 1.95. The lowest BCUT2D eigenvalue weighted by Crippen LogP contribution is -2.00. The molecule has 3 nitrogen and oxygen atoms in total. The highest BCUT2D eigenvalue weighted by Crippen LogP contribution is 2.45. The summed E-state index contributed by atoms with van der Waals surface area (Å²) in [5.74, 6) is 1.54. The van der Waals surface area contributed by atoms with Crippen molar-refractivity contribution in [2.45, 2.75) is 44.4 Å². The predicted molar refractivity (Wildman–Crippen MR) is 66.0 cm³/mol. The van der Waals surface area contributed by atoms with Gasteiger partial charge < -0.3 is 5.73 Å². The second-order valence-corrected chi connectivity index (χ2v) is 5.02. The minimum absolute atomic E-state index is 0.682. The van der Waals surface area contributed by atoms with Crippen molar-refractivity contribution in [2.75, 3.05) is 5.73 Å². The molecule has 0 aliphatic heterocycles. The zero-order chi connectivity index (χ0) is 11.1. The molecule has 2 N–H and O–H groups in total. The molecule has 2 aliphatic carbocycles. The van der Waals surface area contributed by atoms with Crippen LogP contribution in [0.1, 0.15) is 55.7 Å². The number of hydrogen-bond acceptors (Lipinski definition) is 2. The molecule has 0 bridgehead atoms. The Bertz CT molecular complexity index is 438. The van der Waals surface area contributed by atoms with Crippen molar-refractivity contribution in [3.8, 4) is 0 Å². The first-order valence-corrected chi connectivity index (χ1v) is 6.29. The summed E-state index contributed by atoms with van der Waals surface area (Å²) in [4.78, 5) is 0. The fourth-order valence-corrected chi connectivity index (χ4v) is 2.60. The maximum Gasteiger partial charge on any atom is 0.129 e. The van der Waals surface area contributed by atoms with Gasteiger partial charge in [-0.15, -0.1) is 0 Å². The lowest BCUT2D eigenvalue weighted by atomic mass is 9.92. The monoisotopic (exact) mass is 217 g/mol. The first-order chi connectivity index (χ1) is 7.77. The Morgan fingerprint density at radius 1 is 1.38 bits per heavy atom. The SMILES string of the molecule is Cn1nc(C2CC2)c(C2=CCCCC2)c1N. The maximum atomic E-state index is 6.16. The molecule has 1 heterocycles. The van der Waals surface area contributed by atoms with Crippen LogP contribution in [0.3, 0.4) is 0 Å². The van der Waals surface area contributed by atoms with Gasteiger partial charge in [0.15, 0.2) is 0 Å². The summed E-state index contributed by atoms with van der Waals surface area (Å²) in [5, 5.41) is 4.60. The first kappa shape index (κ1) is 9.94. The van der Waals surface area contributed by atoms with E-state index < -0.39 is 0 Å². The molecular weight excluding hydrogens is 198 g/mol. The number of nitrogen functional groups attached to an aromatic ring is 1. The summed E-state index contributed by atoms with van der Waals surface area (Å²) < 4.78 is 1.85. The molecule has 2 aliphatic rings. The Hall–Kier alpha value is -1.25. The fourth-order valence-electron chi connectivity index (χ4n) is 2.60. The predicted octanol–water partition coefficient (Wildman–Crippen LogP) is 2.84. The van der Waals surface area contributed by atoms with Gasteiger partial charge in [0.25, 0.3) is 0 Å². The second-order valence-electron chi connectivity index (χ2n) is 5.02. The molecule has 86 valence electrons. The third-order valence-corrected chi connectivity index (χ3v) is 3.69. The number of hydrogen-bond donors (Lipinski definition) is 1. The summed E-state index contributed by atoms with van der Waals surface area (Å²) >= 11 is 0. The third-order valence-electron chi connectivity index (χ3n) is 3.69. The van der Waals surface area contributed by atoms with Gasteiger partial charge in [-0.2, -0.15) is 5.10 Å². The van der Waals surface area contributed by atoms with Gasteiger partial charge in [-0.1, -0.05) is 6.08 Å². The smallest absolute Gasteiger partial charge is 0.129 e. The Balaban J connectivity index is 2.06. The molecule has 0 saturated heterocycles. The van der Waals surface area contributed by atoms with E-state index in [9.17, 15) is 0 Å². The van der Waals surface area contributed by atoms with Gasteiger partial charge in [0, 0.05) is 18.5 Å². The van der Waals surface area contributed by atoms with E-state index in [2.05, 4.69) is 11.2 Å². The highest BCUT2D eigenvalue weighted by molar-refractivity contribution is 5.76. The molecule has 0 atom stereocenters. The minimum Gasteiger partial charge on any atom is -0.383 e. The number of aromatic nitrogens is 2. The van der Waals surface area contributed by atoms with Crippen LogP contribution in [0.25, 0.3) is 5.57 Å². The van der Waals surface area contributed by atoms with Crippen LogP contribution in [0.15, 0.2) is 6.08 Å². The van der Waals surface area contributed by atoms with E-state index in [4.69, 9.17) is 5.73 Å². The normalized spacial score (nSPS) is 20.9. The molecule has 0 unspecified atom stereocenters.